The van der Waals surface area contributed by atoms with Crippen molar-refractivity contribution in [1.82, 2.24) is 15.2 Å². The lowest BCUT2D eigenvalue weighted by atomic mass is 9.86. The molecule has 1 aromatic carbocycles. The topological polar surface area (TPSA) is 86.9 Å². The molecule has 218 valence electrons. The molecule has 2 aromatic rings. The number of piperidine rings is 1. The molecule has 1 aliphatic carbocycles. The van der Waals surface area contributed by atoms with Crippen LogP contribution >= 0.6 is 0 Å². The van der Waals surface area contributed by atoms with E-state index in [9.17, 15) is 9.59 Å². The van der Waals surface area contributed by atoms with Gasteiger partial charge in [-0.25, -0.2) is 0 Å². The second kappa shape index (κ2) is 12.8. The Balaban J connectivity index is 1.37. The highest BCUT2D eigenvalue weighted by Gasteiger charge is 2.36. The van der Waals surface area contributed by atoms with Crippen molar-refractivity contribution in [3.8, 4) is 5.75 Å². The number of ether oxygens (including phenoxy) is 2. The highest BCUT2D eigenvalue weighted by molar-refractivity contribution is 5.97. The molecule has 2 N–H and O–H groups in total. The summed E-state index contributed by atoms with van der Waals surface area (Å²) in [7, 11) is 0. The number of carbonyl (C=O) groups is 1. The molecule has 0 bridgehead atoms. The number of H-pyrrole nitrogens is 1. The summed E-state index contributed by atoms with van der Waals surface area (Å²) < 4.78 is 12.2. The standard InChI is InChI=1S/C32H46N4O4/c1-5-36(24-9-13-39-14-10-24)30-19-27(40-26-16-25(17-26)35-11-7-6-8-12-35)18-28(23(30)4)31(37)33-20-29-21(2)15-22(3)34-32(29)38/h15,18-19,24-26H,5-14,16-17,20H2,1-4H3,(H,33,37)(H,34,38). The molecular formula is C32H46N4O4. The number of anilines is 1. The van der Waals surface area contributed by atoms with E-state index in [1.54, 1.807) is 0 Å². The van der Waals surface area contributed by atoms with E-state index in [1.165, 1.54) is 32.4 Å². The van der Waals surface area contributed by atoms with Gasteiger partial charge in [-0.2, -0.15) is 0 Å². The second-order valence-electron chi connectivity index (χ2n) is 11.8. The van der Waals surface area contributed by atoms with Gasteiger partial charge in [-0.1, -0.05) is 6.42 Å². The fraction of sp³-hybridized carbons (Fsp3) is 0.625. The molecule has 0 radical (unpaired) electrons. The van der Waals surface area contributed by atoms with Crippen LogP contribution in [-0.2, 0) is 11.3 Å². The number of aromatic amines is 1. The number of nitrogens with zero attached hydrogens (tertiary/aromatic N) is 2. The summed E-state index contributed by atoms with van der Waals surface area (Å²) in [5.41, 5.74) is 4.71. The monoisotopic (exact) mass is 550 g/mol. The molecule has 8 nitrogen and oxygen atoms in total. The molecule has 3 aliphatic rings. The van der Waals surface area contributed by atoms with Gasteiger partial charge in [-0.3, -0.25) is 9.59 Å². The van der Waals surface area contributed by atoms with E-state index in [1.807, 2.05) is 32.9 Å². The van der Waals surface area contributed by atoms with Crippen LogP contribution in [0.2, 0.25) is 0 Å². The number of aryl methyl sites for hydroxylation is 2. The third-order valence-corrected chi connectivity index (χ3v) is 9.08. The Labute approximate surface area is 238 Å². The molecule has 1 amide bonds. The quantitative estimate of drug-likeness (QED) is 0.474. The molecule has 0 atom stereocenters. The summed E-state index contributed by atoms with van der Waals surface area (Å²) in [6.07, 6.45) is 8.13. The van der Waals surface area contributed by atoms with Crippen molar-refractivity contribution in [1.29, 1.82) is 0 Å². The zero-order chi connectivity index (χ0) is 28.2. The number of benzene rings is 1. The van der Waals surface area contributed by atoms with E-state index < -0.39 is 0 Å². The van der Waals surface area contributed by atoms with Crippen LogP contribution in [-0.4, -0.2) is 66.8 Å². The normalized spacial score (nSPS) is 22.0. The van der Waals surface area contributed by atoms with Crippen LogP contribution in [0.15, 0.2) is 23.0 Å². The summed E-state index contributed by atoms with van der Waals surface area (Å²) in [4.78, 5) is 34.0. The first-order valence-corrected chi connectivity index (χ1v) is 15.2. The zero-order valence-electron chi connectivity index (χ0n) is 24.7. The predicted molar refractivity (Wildman–Crippen MR) is 159 cm³/mol. The van der Waals surface area contributed by atoms with Crippen LogP contribution in [0.4, 0.5) is 5.69 Å². The van der Waals surface area contributed by atoms with Crippen molar-refractivity contribution in [2.75, 3.05) is 37.7 Å². The Hall–Kier alpha value is -2.84. The highest BCUT2D eigenvalue weighted by Crippen LogP contribution is 2.36. The third kappa shape index (κ3) is 6.39. The Morgan fingerprint density at radius 2 is 1.82 bits per heavy atom. The van der Waals surface area contributed by atoms with Gasteiger partial charge in [0.2, 0.25) is 0 Å². The summed E-state index contributed by atoms with van der Waals surface area (Å²) in [6.45, 7) is 12.9. The third-order valence-electron chi connectivity index (χ3n) is 9.08. The maximum Gasteiger partial charge on any atom is 0.253 e. The molecule has 2 saturated heterocycles. The van der Waals surface area contributed by atoms with Crippen molar-refractivity contribution >= 4 is 11.6 Å². The Kier molecular flexibility index (Phi) is 9.16. The van der Waals surface area contributed by atoms with Crippen molar-refractivity contribution in [3.63, 3.8) is 0 Å². The van der Waals surface area contributed by atoms with Gasteiger partial charge >= 0.3 is 0 Å². The molecule has 0 spiro atoms. The smallest absolute Gasteiger partial charge is 0.253 e. The predicted octanol–water partition coefficient (Wildman–Crippen LogP) is 4.63. The van der Waals surface area contributed by atoms with Crippen molar-refractivity contribution in [2.45, 2.75) is 97.4 Å². The Bertz CT molecular complexity index is 1240. The van der Waals surface area contributed by atoms with Gasteiger partial charge in [0.15, 0.2) is 0 Å². The maximum atomic E-state index is 13.6. The molecule has 8 heteroatoms. The lowest BCUT2D eigenvalue weighted by Gasteiger charge is -2.44. The van der Waals surface area contributed by atoms with Crippen LogP contribution in [0.25, 0.3) is 0 Å². The largest absolute Gasteiger partial charge is 0.490 e. The van der Waals surface area contributed by atoms with E-state index in [0.717, 1.165) is 73.7 Å². The number of hydrogen-bond acceptors (Lipinski definition) is 6. The van der Waals surface area contributed by atoms with Crippen molar-refractivity contribution in [3.05, 3.63) is 56.5 Å². The molecule has 40 heavy (non-hydrogen) atoms. The van der Waals surface area contributed by atoms with Gasteiger partial charge in [0.25, 0.3) is 11.5 Å². The average Bonchev–Trinajstić information content (AvgIpc) is 2.92. The van der Waals surface area contributed by atoms with Crippen LogP contribution < -0.4 is 20.5 Å². The van der Waals surface area contributed by atoms with E-state index >= 15 is 0 Å². The summed E-state index contributed by atoms with van der Waals surface area (Å²) >= 11 is 0. The van der Waals surface area contributed by atoms with Crippen LogP contribution in [0.1, 0.15) is 84.6 Å². The minimum atomic E-state index is -0.189. The fourth-order valence-corrected chi connectivity index (χ4v) is 6.67. The lowest BCUT2D eigenvalue weighted by molar-refractivity contribution is 0.00888. The number of carbonyl (C=O) groups excluding carboxylic acids is 1. The molecule has 1 saturated carbocycles. The van der Waals surface area contributed by atoms with Crippen LogP contribution in [0.5, 0.6) is 5.75 Å². The summed E-state index contributed by atoms with van der Waals surface area (Å²) in [6, 6.07) is 6.94. The average molecular weight is 551 g/mol. The van der Waals surface area contributed by atoms with Gasteiger partial charge < -0.3 is 29.6 Å². The first-order valence-electron chi connectivity index (χ1n) is 15.2. The first-order chi connectivity index (χ1) is 19.3. The first kappa shape index (κ1) is 28.7. The van der Waals surface area contributed by atoms with Crippen LogP contribution in [0, 0.1) is 20.8 Å². The number of pyridine rings is 1. The van der Waals surface area contributed by atoms with Gasteiger partial charge in [0, 0.05) is 79.8 Å². The van der Waals surface area contributed by atoms with Gasteiger partial charge in [0.05, 0.1) is 0 Å². The molecule has 3 heterocycles. The van der Waals surface area contributed by atoms with Gasteiger partial charge in [0.1, 0.15) is 11.9 Å². The summed E-state index contributed by atoms with van der Waals surface area (Å²) in [5.74, 6) is 0.564. The zero-order valence-corrected chi connectivity index (χ0v) is 24.7. The number of amides is 1. The van der Waals surface area contributed by atoms with E-state index in [2.05, 4.69) is 33.1 Å². The minimum Gasteiger partial charge on any atom is -0.490 e. The highest BCUT2D eigenvalue weighted by atomic mass is 16.5. The second-order valence-corrected chi connectivity index (χ2v) is 11.8. The molecule has 2 aliphatic heterocycles. The number of aromatic nitrogens is 1. The maximum absolute atomic E-state index is 13.6. The van der Waals surface area contributed by atoms with E-state index in [4.69, 9.17) is 9.47 Å². The minimum absolute atomic E-state index is 0.155. The molecular weight excluding hydrogens is 504 g/mol. The number of hydrogen-bond donors (Lipinski definition) is 2. The Morgan fingerprint density at radius 3 is 2.50 bits per heavy atom. The molecule has 0 unspecified atom stereocenters. The molecule has 1 aromatic heterocycles. The number of nitrogens with one attached hydrogen (secondary N) is 2. The van der Waals surface area contributed by atoms with Gasteiger partial charge in [-0.15, -0.1) is 0 Å². The molecule has 3 fully saturated rings. The molecule has 5 rings (SSSR count). The SMILES string of the molecule is CCN(c1cc(OC2CC(N3CCCCC3)C2)cc(C(=O)NCc2c(C)cc(C)[nH]c2=O)c1C)C1CCOCC1. The Morgan fingerprint density at radius 1 is 1.10 bits per heavy atom. The van der Waals surface area contributed by atoms with Crippen molar-refractivity contribution < 1.29 is 14.3 Å². The van der Waals surface area contributed by atoms with Gasteiger partial charge in [-0.05, 0) is 89.7 Å². The van der Waals surface area contributed by atoms with E-state index in [0.29, 0.717) is 23.2 Å². The number of rotatable bonds is 9. The fourth-order valence-electron chi connectivity index (χ4n) is 6.67. The van der Waals surface area contributed by atoms with Crippen LogP contribution in [0.3, 0.4) is 0 Å². The van der Waals surface area contributed by atoms with Crippen molar-refractivity contribution in [2.24, 2.45) is 0 Å². The van der Waals surface area contributed by atoms with E-state index in [-0.39, 0.29) is 24.1 Å². The summed E-state index contributed by atoms with van der Waals surface area (Å²) in [5, 5.41) is 3.02. The lowest BCUT2D eigenvalue weighted by Crippen LogP contribution is -2.50. The number of likely N-dealkylation sites (tertiary alicyclic amines) is 1.